The number of carbonyl (C=O) groups excluding carboxylic acids is 1. The number of H-pyrrole nitrogens is 1. The summed E-state index contributed by atoms with van der Waals surface area (Å²) in [6, 6.07) is 0. The van der Waals surface area contributed by atoms with Gasteiger partial charge in [0.2, 0.25) is 5.91 Å². The number of aromatic nitrogens is 2. The van der Waals surface area contributed by atoms with E-state index in [1.807, 2.05) is 6.92 Å². The minimum Gasteiger partial charge on any atom is -0.355 e. The Balaban J connectivity index is 1.43. The number of nitrogens with one attached hydrogen (secondary N) is 2. The van der Waals surface area contributed by atoms with Gasteiger partial charge in [-0.05, 0) is 56.9 Å². The Hall–Kier alpha value is -1.34. The Morgan fingerprint density at radius 1 is 1.26 bits per heavy atom. The highest BCUT2D eigenvalue weighted by Crippen LogP contribution is 2.34. The number of hydrogen-bond acceptors (Lipinski definition) is 5. The van der Waals surface area contributed by atoms with E-state index >= 15 is 0 Å². The quantitative estimate of drug-likeness (QED) is 0.581. The molecular weight excluding hydrogens is 378 g/mol. The third-order valence-corrected chi connectivity index (χ3v) is 7.92. The third-order valence-electron chi connectivity index (χ3n) is 5.75. The largest absolute Gasteiger partial charge is 0.355 e. The first-order chi connectivity index (χ1) is 13.1. The molecule has 1 atom stereocenters. The van der Waals surface area contributed by atoms with Crippen molar-refractivity contribution in [3.8, 4) is 0 Å². The summed E-state index contributed by atoms with van der Waals surface area (Å²) < 4.78 is 0. The second kappa shape index (κ2) is 8.35. The van der Waals surface area contributed by atoms with Gasteiger partial charge in [0.05, 0.1) is 10.6 Å². The maximum Gasteiger partial charge on any atom is 0.260 e. The normalized spacial score (nSPS) is 19.0. The number of thiophene rings is 1. The van der Waals surface area contributed by atoms with Crippen LogP contribution in [-0.2, 0) is 17.6 Å². The number of rotatable bonds is 5. The molecule has 0 aliphatic heterocycles. The molecule has 0 radical (unpaired) electrons. The lowest BCUT2D eigenvalue weighted by Crippen LogP contribution is -2.35. The first-order valence-electron chi connectivity index (χ1n) is 10.1. The number of carbonyl (C=O) groups is 1. The first kappa shape index (κ1) is 19.0. The van der Waals surface area contributed by atoms with Crippen molar-refractivity contribution in [2.75, 3.05) is 6.54 Å². The van der Waals surface area contributed by atoms with Gasteiger partial charge in [-0.25, -0.2) is 4.98 Å². The van der Waals surface area contributed by atoms with E-state index in [0.717, 1.165) is 36.0 Å². The Morgan fingerprint density at radius 3 is 2.85 bits per heavy atom. The van der Waals surface area contributed by atoms with Gasteiger partial charge in [-0.2, -0.15) is 0 Å². The summed E-state index contributed by atoms with van der Waals surface area (Å²) in [5.41, 5.74) is 1.14. The Morgan fingerprint density at radius 2 is 2.04 bits per heavy atom. The van der Waals surface area contributed by atoms with Crippen LogP contribution < -0.4 is 10.9 Å². The van der Waals surface area contributed by atoms with Gasteiger partial charge < -0.3 is 10.3 Å². The van der Waals surface area contributed by atoms with E-state index in [2.05, 4.69) is 15.3 Å². The van der Waals surface area contributed by atoms with E-state index in [9.17, 15) is 9.59 Å². The molecule has 27 heavy (non-hydrogen) atoms. The molecule has 0 bridgehead atoms. The zero-order chi connectivity index (χ0) is 18.8. The maximum atomic E-state index is 12.6. The second-order valence-electron chi connectivity index (χ2n) is 7.77. The van der Waals surface area contributed by atoms with Crippen LogP contribution in [0.4, 0.5) is 0 Å². The molecule has 146 valence electrons. The highest BCUT2D eigenvalue weighted by Gasteiger charge is 2.22. The summed E-state index contributed by atoms with van der Waals surface area (Å²) in [6.45, 7) is 2.65. The zero-order valence-corrected chi connectivity index (χ0v) is 17.4. The minimum absolute atomic E-state index is 0.0267. The Bertz CT molecular complexity index is 883. The number of nitrogens with zero attached hydrogens (tertiary/aromatic N) is 1. The molecule has 0 saturated heterocycles. The molecule has 4 rings (SSSR count). The molecule has 1 fully saturated rings. The molecular formula is C20H27N3O2S2. The van der Waals surface area contributed by atoms with Crippen molar-refractivity contribution in [3.63, 3.8) is 0 Å². The third kappa shape index (κ3) is 4.24. The Labute approximate surface area is 167 Å². The number of aromatic amines is 1. The van der Waals surface area contributed by atoms with Gasteiger partial charge in [-0.3, -0.25) is 9.59 Å². The van der Waals surface area contributed by atoms with Gasteiger partial charge in [0.15, 0.2) is 5.16 Å². The van der Waals surface area contributed by atoms with Crippen molar-refractivity contribution in [3.05, 3.63) is 20.8 Å². The van der Waals surface area contributed by atoms with E-state index < -0.39 is 0 Å². The van der Waals surface area contributed by atoms with Crippen LogP contribution in [0.15, 0.2) is 9.95 Å². The Kier molecular flexibility index (Phi) is 5.88. The molecule has 5 nitrogen and oxygen atoms in total. The monoisotopic (exact) mass is 405 g/mol. The van der Waals surface area contributed by atoms with Crippen LogP contribution in [0.2, 0.25) is 0 Å². The summed E-state index contributed by atoms with van der Waals surface area (Å²) in [5, 5.41) is 4.13. The highest BCUT2D eigenvalue weighted by atomic mass is 32.2. The molecule has 2 aromatic heterocycles. The van der Waals surface area contributed by atoms with Gasteiger partial charge in [0, 0.05) is 11.4 Å². The van der Waals surface area contributed by atoms with Crippen LogP contribution in [0.5, 0.6) is 0 Å². The van der Waals surface area contributed by atoms with E-state index in [0.29, 0.717) is 11.1 Å². The maximum absolute atomic E-state index is 12.6. The van der Waals surface area contributed by atoms with Crippen LogP contribution in [0, 0.1) is 5.92 Å². The number of amides is 1. The van der Waals surface area contributed by atoms with Crippen molar-refractivity contribution < 1.29 is 4.79 Å². The molecule has 0 unspecified atom stereocenters. The number of thioether (sulfide) groups is 1. The molecule has 2 aliphatic rings. The predicted molar refractivity (Wildman–Crippen MR) is 112 cm³/mol. The van der Waals surface area contributed by atoms with E-state index in [-0.39, 0.29) is 16.7 Å². The van der Waals surface area contributed by atoms with E-state index in [1.54, 1.807) is 11.3 Å². The minimum atomic E-state index is -0.274. The number of fused-ring (bicyclic) bond motifs is 3. The molecule has 1 amide bonds. The molecule has 2 aliphatic carbocycles. The van der Waals surface area contributed by atoms with E-state index in [4.69, 9.17) is 0 Å². The van der Waals surface area contributed by atoms with Crippen LogP contribution in [0.1, 0.15) is 62.3 Å². The molecule has 2 N–H and O–H groups in total. The molecule has 1 saturated carbocycles. The van der Waals surface area contributed by atoms with Crippen molar-refractivity contribution in [2.24, 2.45) is 5.92 Å². The van der Waals surface area contributed by atoms with Crippen LogP contribution in [-0.4, -0.2) is 27.7 Å². The summed E-state index contributed by atoms with van der Waals surface area (Å²) in [7, 11) is 0. The number of aryl methyl sites for hydroxylation is 2. The van der Waals surface area contributed by atoms with Gasteiger partial charge >= 0.3 is 0 Å². The van der Waals surface area contributed by atoms with Gasteiger partial charge in [0.25, 0.3) is 5.56 Å². The second-order valence-corrected chi connectivity index (χ2v) is 10.2. The smallest absolute Gasteiger partial charge is 0.260 e. The van der Waals surface area contributed by atoms with Crippen molar-refractivity contribution in [2.45, 2.75) is 75.1 Å². The standard InChI is InChI=1S/C20H27N3O2S2/c1-12(17(24)21-11-13-7-3-2-4-8-13)26-20-22-18(25)16-14-9-5-6-10-15(14)27-19(16)23-20/h12-13H,2-11H2,1H3,(H,21,24)(H,22,23,25)/t12-/m1/s1. The fraction of sp³-hybridized carbons (Fsp3) is 0.650. The van der Waals surface area contributed by atoms with Gasteiger partial charge in [0.1, 0.15) is 4.83 Å². The summed E-state index contributed by atoms with van der Waals surface area (Å²) in [6.07, 6.45) is 10.7. The molecule has 0 aromatic carbocycles. The van der Waals surface area contributed by atoms with Crippen molar-refractivity contribution in [1.82, 2.24) is 15.3 Å². The topological polar surface area (TPSA) is 74.8 Å². The molecule has 2 aromatic rings. The molecule has 7 heteroatoms. The molecule has 0 spiro atoms. The average Bonchev–Trinajstić information content (AvgIpc) is 3.05. The highest BCUT2D eigenvalue weighted by molar-refractivity contribution is 8.00. The summed E-state index contributed by atoms with van der Waals surface area (Å²) in [4.78, 5) is 34.8. The lowest BCUT2D eigenvalue weighted by molar-refractivity contribution is -0.120. The first-order valence-corrected chi connectivity index (χ1v) is 11.8. The van der Waals surface area contributed by atoms with Gasteiger partial charge in [-0.1, -0.05) is 31.0 Å². The summed E-state index contributed by atoms with van der Waals surface area (Å²) in [5.74, 6) is 0.644. The number of hydrogen-bond donors (Lipinski definition) is 2. The van der Waals surface area contributed by atoms with Crippen LogP contribution in [0.3, 0.4) is 0 Å². The van der Waals surface area contributed by atoms with E-state index in [1.165, 1.54) is 60.7 Å². The van der Waals surface area contributed by atoms with Crippen molar-refractivity contribution in [1.29, 1.82) is 0 Å². The fourth-order valence-corrected chi connectivity index (χ4v) is 6.34. The summed E-state index contributed by atoms with van der Waals surface area (Å²) >= 11 is 2.99. The lowest BCUT2D eigenvalue weighted by Gasteiger charge is -2.22. The zero-order valence-electron chi connectivity index (χ0n) is 15.8. The average molecular weight is 406 g/mol. The van der Waals surface area contributed by atoms with Crippen LogP contribution in [0.25, 0.3) is 10.2 Å². The SMILES string of the molecule is C[C@@H](Sc1nc2sc3c(c2c(=O)[nH]1)CCCC3)C(=O)NCC1CCCCC1. The lowest BCUT2D eigenvalue weighted by atomic mass is 9.89. The predicted octanol–water partition coefficient (Wildman–Crippen LogP) is 4.04. The van der Waals surface area contributed by atoms with Crippen LogP contribution >= 0.6 is 23.1 Å². The fourth-order valence-electron chi connectivity index (χ4n) is 4.20. The van der Waals surface area contributed by atoms with Crippen molar-refractivity contribution >= 4 is 39.2 Å². The van der Waals surface area contributed by atoms with Gasteiger partial charge in [-0.15, -0.1) is 11.3 Å². The molecule has 2 heterocycles.